The number of rotatable bonds is 5. The summed E-state index contributed by atoms with van der Waals surface area (Å²) in [5, 5.41) is 7.44. The van der Waals surface area contributed by atoms with Gasteiger partial charge in [-0.3, -0.25) is 10.2 Å². The highest BCUT2D eigenvalue weighted by atomic mass is 19.1. The van der Waals surface area contributed by atoms with E-state index in [9.17, 15) is 9.18 Å². The van der Waals surface area contributed by atoms with Crippen LogP contribution in [0.15, 0.2) is 48.5 Å². The van der Waals surface area contributed by atoms with Crippen LogP contribution in [0.1, 0.15) is 38.4 Å². The molecule has 0 aliphatic rings. The summed E-state index contributed by atoms with van der Waals surface area (Å²) in [7, 11) is 0. The van der Waals surface area contributed by atoms with Crippen LogP contribution in [0.2, 0.25) is 0 Å². The van der Waals surface area contributed by atoms with Crippen LogP contribution in [0.4, 0.5) is 4.39 Å². The molecule has 1 heterocycles. The van der Waals surface area contributed by atoms with Crippen molar-refractivity contribution in [1.29, 1.82) is 5.41 Å². The number of nitrogens with one attached hydrogen (secondary N) is 1. The van der Waals surface area contributed by atoms with Crippen molar-refractivity contribution < 1.29 is 9.18 Å². The van der Waals surface area contributed by atoms with Crippen LogP contribution in [0.5, 0.6) is 0 Å². The Morgan fingerprint density at radius 3 is 2.30 bits per heavy atom. The molecular formula is C21H21FN4O. The van der Waals surface area contributed by atoms with Crippen molar-refractivity contribution in [2.45, 2.75) is 20.3 Å². The highest BCUT2D eigenvalue weighted by Gasteiger charge is 2.15. The predicted molar refractivity (Wildman–Crippen MR) is 104 cm³/mol. The van der Waals surface area contributed by atoms with E-state index in [2.05, 4.69) is 0 Å². The van der Waals surface area contributed by atoms with E-state index in [4.69, 9.17) is 16.9 Å². The van der Waals surface area contributed by atoms with Crippen LogP contribution in [-0.4, -0.2) is 16.3 Å². The SMILES string of the molecule is Cc1cc(C(N)=O)c(C)n1-c1ccc(F)c(Cc2ccc(C(=N)N)cc2)c1. The van der Waals surface area contributed by atoms with E-state index < -0.39 is 5.91 Å². The Balaban J connectivity index is 1.98. The van der Waals surface area contributed by atoms with Crippen molar-refractivity contribution in [1.82, 2.24) is 4.57 Å². The quantitative estimate of drug-likeness (QED) is 0.478. The molecule has 27 heavy (non-hydrogen) atoms. The van der Waals surface area contributed by atoms with Gasteiger partial charge >= 0.3 is 0 Å². The molecule has 0 bridgehead atoms. The number of aryl methyl sites for hydroxylation is 1. The van der Waals surface area contributed by atoms with E-state index in [-0.39, 0.29) is 11.7 Å². The Labute approximate surface area is 156 Å². The number of hydrogen-bond acceptors (Lipinski definition) is 2. The Morgan fingerprint density at radius 2 is 1.74 bits per heavy atom. The van der Waals surface area contributed by atoms with Crippen molar-refractivity contribution in [3.05, 3.63) is 88.0 Å². The third-order valence-electron chi connectivity index (χ3n) is 4.64. The van der Waals surface area contributed by atoms with Gasteiger partial charge in [-0.1, -0.05) is 24.3 Å². The smallest absolute Gasteiger partial charge is 0.250 e. The molecule has 138 valence electrons. The zero-order valence-corrected chi connectivity index (χ0v) is 15.2. The maximum absolute atomic E-state index is 14.4. The number of halogens is 1. The van der Waals surface area contributed by atoms with Gasteiger partial charge < -0.3 is 16.0 Å². The average Bonchev–Trinajstić information content (AvgIpc) is 2.92. The molecule has 1 aromatic heterocycles. The Morgan fingerprint density at radius 1 is 1.07 bits per heavy atom. The Hall–Kier alpha value is -3.41. The predicted octanol–water partition coefficient (Wildman–Crippen LogP) is 3.21. The maximum atomic E-state index is 14.4. The molecule has 0 spiro atoms. The van der Waals surface area contributed by atoms with Crippen molar-refractivity contribution in [3.8, 4) is 5.69 Å². The second-order valence-electron chi connectivity index (χ2n) is 6.55. The third-order valence-corrected chi connectivity index (χ3v) is 4.64. The number of amides is 1. The first-order valence-electron chi connectivity index (χ1n) is 8.49. The van der Waals surface area contributed by atoms with Crippen LogP contribution in [0.25, 0.3) is 5.69 Å². The highest BCUT2D eigenvalue weighted by molar-refractivity contribution is 5.95. The summed E-state index contributed by atoms with van der Waals surface area (Å²) in [6.45, 7) is 3.69. The summed E-state index contributed by atoms with van der Waals surface area (Å²) in [6, 6.07) is 13.8. The van der Waals surface area contributed by atoms with Gasteiger partial charge in [-0.25, -0.2) is 4.39 Å². The largest absolute Gasteiger partial charge is 0.384 e. The molecule has 5 N–H and O–H groups in total. The molecule has 5 nitrogen and oxygen atoms in total. The van der Waals surface area contributed by atoms with E-state index >= 15 is 0 Å². The molecule has 0 atom stereocenters. The van der Waals surface area contributed by atoms with Crippen LogP contribution in [0, 0.1) is 25.1 Å². The van der Waals surface area contributed by atoms with Crippen molar-refractivity contribution in [3.63, 3.8) is 0 Å². The lowest BCUT2D eigenvalue weighted by Crippen LogP contribution is -2.12. The number of carbonyl (C=O) groups excluding carboxylic acids is 1. The van der Waals surface area contributed by atoms with E-state index in [1.807, 2.05) is 30.5 Å². The lowest BCUT2D eigenvalue weighted by molar-refractivity contribution is 0.0999. The lowest BCUT2D eigenvalue weighted by atomic mass is 10.0. The normalized spacial score (nSPS) is 10.8. The summed E-state index contributed by atoms with van der Waals surface area (Å²) in [5.74, 6) is -0.784. The van der Waals surface area contributed by atoms with Gasteiger partial charge in [0.25, 0.3) is 5.91 Å². The first kappa shape index (κ1) is 18.4. The van der Waals surface area contributed by atoms with Crippen molar-refractivity contribution >= 4 is 11.7 Å². The molecule has 0 radical (unpaired) electrons. The zero-order valence-electron chi connectivity index (χ0n) is 15.2. The molecule has 0 saturated heterocycles. The molecule has 1 amide bonds. The first-order chi connectivity index (χ1) is 12.8. The van der Waals surface area contributed by atoms with E-state index in [1.54, 1.807) is 30.3 Å². The van der Waals surface area contributed by atoms with Crippen LogP contribution in [0.3, 0.4) is 0 Å². The maximum Gasteiger partial charge on any atom is 0.250 e. The highest BCUT2D eigenvalue weighted by Crippen LogP contribution is 2.24. The van der Waals surface area contributed by atoms with Crippen molar-refractivity contribution in [2.24, 2.45) is 11.5 Å². The number of carbonyl (C=O) groups is 1. The number of nitrogens with zero attached hydrogens (tertiary/aromatic N) is 1. The van der Waals surface area contributed by atoms with Crippen molar-refractivity contribution in [2.75, 3.05) is 0 Å². The fourth-order valence-corrected chi connectivity index (χ4v) is 3.27. The standard InChI is InChI=1S/C21H21FN4O/c1-12-9-18(21(25)27)13(2)26(12)17-7-8-19(22)16(11-17)10-14-3-5-15(6-4-14)20(23)24/h3-9,11H,10H2,1-2H3,(H3,23,24)(H2,25,27). The minimum absolute atomic E-state index is 0.00135. The van der Waals surface area contributed by atoms with Crippen LogP contribution >= 0.6 is 0 Å². The van der Waals surface area contributed by atoms with Gasteiger partial charge in [0.2, 0.25) is 0 Å². The van der Waals surface area contributed by atoms with Gasteiger partial charge in [0.1, 0.15) is 11.7 Å². The number of nitrogens with two attached hydrogens (primary N) is 2. The molecule has 0 aliphatic carbocycles. The third kappa shape index (κ3) is 3.60. The Kier molecular flexibility index (Phi) is 4.81. The monoisotopic (exact) mass is 364 g/mol. The molecule has 0 fully saturated rings. The number of benzene rings is 2. The number of amidine groups is 1. The number of primary amides is 1. The molecular weight excluding hydrogens is 343 g/mol. The molecule has 2 aromatic carbocycles. The van der Waals surface area contributed by atoms with Gasteiger partial charge in [0.05, 0.1) is 5.56 Å². The molecule has 6 heteroatoms. The van der Waals surface area contributed by atoms with Crippen LogP contribution in [-0.2, 0) is 6.42 Å². The summed E-state index contributed by atoms with van der Waals surface area (Å²) in [6.07, 6.45) is 0.403. The second kappa shape index (κ2) is 7.07. The molecule has 0 unspecified atom stereocenters. The molecule has 0 saturated carbocycles. The van der Waals surface area contributed by atoms with E-state index in [1.165, 1.54) is 6.07 Å². The summed E-state index contributed by atoms with van der Waals surface area (Å²) >= 11 is 0. The summed E-state index contributed by atoms with van der Waals surface area (Å²) in [5.41, 5.74) is 15.8. The molecule has 0 aliphatic heterocycles. The summed E-state index contributed by atoms with van der Waals surface area (Å²) in [4.78, 5) is 11.6. The number of aromatic nitrogens is 1. The fourth-order valence-electron chi connectivity index (χ4n) is 3.27. The molecule has 3 aromatic rings. The average molecular weight is 364 g/mol. The van der Waals surface area contributed by atoms with Gasteiger partial charge in [-0.15, -0.1) is 0 Å². The molecule has 3 rings (SSSR count). The number of nitrogen functional groups attached to an aromatic ring is 1. The van der Waals surface area contributed by atoms with Gasteiger partial charge in [0, 0.05) is 29.1 Å². The zero-order chi connectivity index (χ0) is 19.7. The van der Waals surface area contributed by atoms with Gasteiger partial charge in [-0.2, -0.15) is 0 Å². The Bertz CT molecular complexity index is 1040. The minimum Gasteiger partial charge on any atom is -0.384 e. The van der Waals surface area contributed by atoms with E-state index in [0.717, 1.165) is 22.6 Å². The first-order valence-corrected chi connectivity index (χ1v) is 8.49. The van der Waals surface area contributed by atoms with Gasteiger partial charge in [0.15, 0.2) is 0 Å². The summed E-state index contributed by atoms with van der Waals surface area (Å²) < 4.78 is 16.3. The lowest BCUT2D eigenvalue weighted by Gasteiger charge is -2.13. The fraction of sp³-hybridized carbons (Fsp3) is 0.143. The second-order valence-corrected chi connectivity index (χ2v) is 6.55. The van der Waals surface area contributed by atoms with Gasteiger partial charge in [-0.05, 0) is 49.2 Å². The minimum atomic E-state index is -0.484. The van der Waals surface area contributed by atoms with E-state index in [0.29, 0.717) is 23.1 Å². The van der Waals surface area contributed by atoms with Crippen LogP contribution < -0.4 is 11.5 Å². The number of hydrogen-bond donors (Lipinski definition) is 3. The topological polar surface area (TPSA) is 97.9 Å².